The van der Waals surface area contributed by atoms with Crippen molar-refractivity contribution in [3.05, 3.63) is 35.4 Å². The molecule has 1 aromatic rings. The fourth-order valence-corrected chi connectivity index (χ4v) is 1.27. The lowest BCUT2D eigenvalue weighted by atomic mass is 10.1. The lowest BCUT2D eigenvalue weighted by molar-refractivity contribution is -0.137. The summed E-state index contributed by atoms with van der Waals surface area (Å²) in [7, 11) is 0. The molecule has 90 valence electrons. The largest absolute Gasteiger partial charge is 0.416 e. The third-order valence-electron chi connectivity index (χ3n) is 2.17. The number of nitrogens with one attached hydrogen (secondary N) is 1. The summed E-state index contributed by atoms with van der Waals surface area (Å²) >= 11 is 5.59. The highest BCUT2D eigenvalue weighted by atomic mass is 35.5. The maximum absolute atomic E-state index is 12.3. The van der Waals surface area contributed by atoms with Crippen LogP contribution in [-0.2, 0) is 12.7 Å². The van der Waals surface area contributed by atoms with Gasteiger partial charge < -0.3 is 5.32 Å². The van der Waals surface area contributed by atoms with Gasteiger partial charge in [0.25, 0.3) is 0 Å². The molecule has 0 radical (unpaired) electrons. The minimum absolute atomic E-state index is 0.143. The van der Waals surface area contributed by atoms with E-state index in [1.165, 1.54) is 12.1 Å². The molecule has 0 heterocycles. The Kier molecular flexibility index (Phi) is 4.62. The SMILES string of the molecule is CC(CCl)NCc1ccc(C(F)(F)F)cc1. The summed E-state index contributed by atoms with van der Waals surface area (Å²) in [5, 5.41) is 3.09. The summed E-state index contributed by atoms with van der Waals surface area (Å²) in [4.78, 5) is 0. The van der Waals surface area contributed by atoms with Crippen molar-refractivity contribution in [3.63, 3.8) is 0 Å². The first-order valence-electron chi connectivity index (χ1n) is 4.89. The predicted molar refractivity (Wildman–Crippen MR) is 58.5 cm³/mol. The second-order valence-corrected chi connectivity index (χ2v) is 3.94. The van der Waals surface area contributed by atoms with Crippen LogP contribution >= 0.6 is 11.6 Å². The van der Waals surface area contributed by atoms with Gasteiger partial charge >= 0.3 is 6.18 Å². The highest BCUT2D eigenvalue weighted by Gasteiger charge is 2.29. The van der Waals surface area contributed by atoms with Crippen LogP contribution in [-0.4, -0.2) is 11.9 Å². The van der Waals surface area contributed by atoms with Crippen molar-refractivity contribution >= 4 is 11.6 Å². The second-order valence-electron chi connectivity index (χ2n) is 3.63. The lowest BCUT2D eigenvalue weighted by Gasteiger charge is -2.11. The first-order valence-corrected chi connectivity index (χ1v) is 5.42. The van der Waals surface area contributed by atoms with Gasteiger partial charge in [-0.1, -0.05) is 12.1 Å². The smallest absolute Gasteiger partial charge is 0.309 e. The van der Waals surface area contributed by atoms with Gasteiger partial charge in [0.15, 0.2) is 0 Å². The van der Waals surface area contributed by atoms with Gasteiger partial charge in [0, 0.05) is 18.5 Å². The number of hydrogen-bond donors (Lipinski definition) is 1. The van der Waals surface area contributed by atoms with Crippen LogP contribution in [0, 0.1) is 0 Å². The summed E-state index contributed by atoms with van der Waals surface area (Å²) in [6, 6.07) is 5.25. The zero-order chi connectivity index (χ0) is 12.2. The number of benzene rings is 1. The van der Waals surface area contributed by atoms with Crippen LogP contribution in [0.4, 0.5) is 13.2 Å². The standard InChI is InChI=1S/C11H13ClF3N/c1-8(6-12)16-7-9-2-4-10(5-3-9)11(13,14)15/h2-5,8,16H,6-7H2,1H3. The van der Waals surface area contributed by atoms with Gasteiger partial charge in [0.2, 0.25) is 0 Å². The van der Waals surface area contributed by atoms with E-state index in [1.807, 2.05) is 6.92 Å². The summed E-state index contributed by atoms with van der Waals surface area (Å²) in [5.41, 5.74) is 0.187. The van der Waals surface area contributed by atoms with Crippen LogP contribution in [0.25, 0.3) is 0 Å². The van der Waals surface area contributed by atoms with E-state index in [4.69, 9.17) is 11.6 Å². The molecule has 0 aliphatic heterocycles. The highest BCUT2D eigenvalue weighted by Crippen LogP contribution is 2.28. The van der Waals surface area contributed by atoms with E-state index in [9.17, 15) is 13.2 Å². The molecule has 1 unspecified atom stereocenters. The molecule has 1 nitrogen and oxygen atoms in total. The van der Waals surface area contributed by atoms with E-state index < -0.39 is 11.7 Å². The zero-order valence-electron chi connectivity index (χ0n) is 8.81. The Labute approximate surface area is 97.6 Å². The Hall–Kier alpha value is -0.740. The van der Waals surface area contributed by atoms with Gasteiger partial charge in [-0.25, -0.2) is 0 Å². The molecular formula is C11H13ClF3N. The van der Waals surface area contributed by atoms with Gasteiger partial charge in [0.1, 0.15) is 0 Å². The van der Waals surface area contributed by atoms with Gasteiger partial charge in [-0.05, 0) is 24.6 Å². The topological polar surface area (TPSA) is 12.0 Å². The third-order valence-corrected chi connectivity index (χ3v) is 2.63. The summed E-state index contributed by atoms with van der Waals surface area (Å²) in [6.45, 7) is 2.43. The van der Waals surface area contributed by atoms with E-state index in [1.54, 1.807) is 0 Å². The predicted octanol–water partition coefficient (Wildman–Crippen LogP) is 3.42. The Morgan fingerprint density at radius 3 is 2.25 bits per heavy atom. The van der Waals surface area contributed by atoms with Crippen molar-refractivity contribution in [1.82, 2.24) is 5.32 Å². The molecular weight excluding hydrogens is 239 g/mol. The van der Waals surface area contributed by atoms with Crippen molar-refractivity contribution in [2.24, 2.45) is 0 Å². The van der Waals surface area contributed by atoms with E-state index in [0.717, 1.165) is 17.7 Å². The number of alkyl halides is 4. The number of halogens is 4. The quantitative estimate of drug-likeness (QED) is 0.809. The van der Waals surface area contributed by atoms with E-state index in [-0.39, 0.29) is 6.04 Å². The fraction of sp³-hybridized carbons (Fsp3) is 0.455. The molecule has 5 heteroatoms. The Morgan fingerprint density at radius 2 is 1.81 bits per heavy atom. The van der Waals surface area contributed by atoms with Crippen molar-refractivity contribution in [2.45, 2.75) is 25.7 Å². The maximum Gasteiger partial charge on any atom is 0.416 e. The molecule has 0 amide bonds. The molecule has 1 N–H and O–H groups in total. The fourth-order valence-electron chi connectivity index (χ4n) is 1.16. The van der Waals surface area contributed by atoms with Crippen LogP contribution in [0.15, 0.2) is 24.3 Å². The van der Waals surface area contributed by atoms with Crippen LogP contribution < -0.4 is 5.32 Å². The average Bonchev–Trinajstić information content (AvgIpc) is 2.25. The molecule has 0 fully saturated rings. The minimum Gasteiger partial charge on any atom is -0.309 e. The molecule has 1 atom stereocenters. The third kappa shape index (κ3) is 4.02. The van der Waals surface area contributed by atoms with Crippen molar-refractivity contribution in [3.8, 4) is 0 Å². The average molecular weight is 252 g/mol. The molecule has 1 rings (SSSR count). The summed E-state index contributed by atoms with van der Waals surface area (Å²) in [6.07, 6.45) is -4.27. The molecule has 0 aliphatic carbocycles. The molecule has 0 bridgehead atoms. The molecule has 0 saturated carbocycles. The van der Waals surface area contributed by atoms with Gasteiger partial charge in [-0.3, -0.25) is 0 Å². The van der Waals surface area contributed by atoms with Crippen LogP contribution in [0.5, 0.6) is 0 Å². The molecule has 16 heavy (non-hydrogen) atoms. The maximum atomic E-state index is 12.3. The normalized spacial score (nSPS) is 13.8. The van der Waals surface area contributed by atoms with Crippen molar-refractivity contribution in [2.75, 3.05) is 5.88 Å². The van der Waals surface area contributed by atoms with Gasteiger partial charge in [-0.15, -0.1) is 11.6 Å². The van der Waals surface area contributed by atoms with Crippen LogP contribution in [0.1, 0.15) is 18.1 Å². The van der Waals surface area contributed by atoms with Crippen LogP contribution in [0.2, 0.25) is 0 Å². The monoisotopic (exact) mass is 251 g/mol. The summed E-state index contributed by atoms with van der Waals surface area (Å²) in [5.74, 6) is 0.473. The van der Waals surface area contributed by atoms with E-state index in [0.29, 0.717) is 12.4 Å². The molecule has 0 aliphatic rings. The van der Waals surface area contributed by atoms with E-state index >= 15 is 0 Å². The summed E-state index contributed by atoms with van der Waals surface area (Å²) < 4.78 is 36.8. The first-order chi connectivity index (χ1) is 7.43. The molecule has 1 aromatic carbocycles. The van der Waals surface area contributed by atoms with Crippen LogP contribution in [0.3, 0.4) is 0 Å². The van der Waals surface area contributed by atoms with Gasteiger partial charge in [0.05, 0.1) is 5.56 Å². The minimum atomic E-state index is -4.27. The molecule has 0 spiro atoms. The molecule has 0 saturated heterocycles. The Morgan fingerprint density at radius 1 is 1.25 bits per heavy atom. The second kappa shape index (κ2) is 5.55. The highest BCUT2D eigenvalue weighted by molar-refractivity contribution is 6.18. The van der Waals surface area contributed by atoms with E-state index in [2.05, 4.69) is 5.32 Å². The number of rotatable bonds is 4. The molecule has 0 aromatic heterocycles. The Balaban J connectivity index is 2.58. The lowest BCUT2D eigenvalue weighted by Crippen LogP contribution is -2.26. The first kappa shape index (κ1) is 13.3. The number of hydrogen-bond acceptors (Lipinski definition) is 1. The van der Waals surface area contributed by atoms with Gasteiger partial charge in [-0.2, -0.15) is 13.2 Å². The Bertz CT molecular complexity index is 321. The van der Waals surface area contributed by atoms with Crippen molar-refractivity contribution < 1.29 is 13.2 Å². The zero-order valence-corrected chi connectivity index (χ0v) is 9.57. The van der Waals surface area contributed by atoms with Crippen molar-refractivity contribution in [1.29, 1.82) is 0 Å².